The number of amidine groups is 1. The standard InChI is InChI=1S/C17H23ClN4O/c1-5-14(17(23)22-19)8-7-12(3)20-13(4)21-16-10-15(18)9-6-11(16)2/h7-8,10,19H,5-6,9H2,1-4H3,(H,20,21)/b12-7+,14-8+,22-19?. The van der Waals surface area contributed by atoms with E-state index in [0.29, 0.717) is 12.0 Å². The number of halogens is 1. The Labute approximate surface area is 142 Å². The van der Waals surface area contributed by atoms with E-state index < -0.39 is 5.91 Å². The van der Waals surface area contributed by atoms with Gasteiger partial charge in [0.15, 0.2) is 0 Å². The highest BCUT2D eigenvalue weighted by molar-refractivity contribution is 6.29. The molecule has 0 saturated heterocycles. The number of nitrogens with zero attached hydrogens (tertiary/aromatic N) is 2. The number of aliphatic imine (C=N–C) groups is 1. The first kappa shape index (κ1) is 19.0. The molecule has 0 saturated carbocycles. The van der Waals surface area contributed by atoms with Gasteiger partial charge in [0.25, 0.3) is 5.91 Å². The number of hydrogen-bond acceptors (Lipinski definition) is 3. The molecule has 0 bridgehead atoms. The van der Waals surface area contributed by atoms with Crippen LogP contribution in [0.2, 0.25) is 0 Å². The zero-order valence-electron chi connectivity index (χ0n) is 14.0. The van der Waals surface area contributed by atoms with Gasteiger partial charge in [-0.3, -0.25) is 4.79 Å². The Morgan fingerprint density at radius 3 is 2.70 bits per heavy atom. The van der Waals surface area contributed by atoms with Gasteiger partial charge in [0.05, 0.1) is 5.70 Å². The molecule has 1 aliphatic rings. The number of hydrogen-bond donors (Lipinski definition) is 2. The second-order valence-electron chi connectivity index (χ2n) is 5.39. The average molecular weight is 335 g/mol. The Balaban J connectivity index is 2.84. The third-order valence-electron chi connectivity index (χ3n) is 3.43. The van der Waals surface area contributed by atoms with Crippen molar-refractivity contribution in [3.8, 4) is 0 Å². The Kier molecular flexibility index (Phi) is 7.62. The fourth-order valence-corrected chi connectivity index (χ4v) is 2.28. The SMILES string of the molecule is CC/C(=C\C=C(/C)NC(C)=NC1=C(C)CCC(Cl)=C1)C(=O)N=N. The summed E-state index contributed by atoms with van der Waals surface area (Å²) < 4.78 is 0. The molecule has 2 N–H and O–H groups in total. The van der Waals surface area contributed by atoms with E-state index in [4.69, 9.17) is 17.1 Å². The normalized spacial score (nSPS) is 17.1. The number of nitrogens with one attached hydrogen (secondary N) is 2. The summed E-state index contributed by atoms with van der Waals surface area (Å²) in [5.74, 6) is 0.239. The summed E-state index contributed by atoms with van der Waals surface area (Å²) in [7, 11) is 0. The first-order valence-corrected chi connectivity index (χ1v) is 7.92. The highest BCUT2D eigenvalue weighted by Crippen LogP contribution is 2.26. The molecular formula is C17H23ClN4O. The Hall–Kier alpha value is -2.01. The van der Waals surface area contributed by atoms with Crippen LogP contribution < -0.4 is 5.32 Å². The van der Waals surface area contributed by atoms with Crippen molar-refractivity contribution in [2.45, 2.75) is 47.0 Å². The van der Waals surface area contributed by atoms with Crippen molar-refractivity contribution in [2.75, 3.05) is 0 Å². The average Bonchev–Trinajstić information content (AvgIpc) is 2.51. The van der Waals surface area contributed by atoms with Crippen LogP contribution in [0.25, 0.3) is 0 Å². The van der Waals surface area contributed by atoms with Crippen molar-refractivity contribution >= 4 is 23.3 Å². The molecule has 0 aliphatic heterocycles. The predicted octanol–water partition coefficient (Wildman–Crippen LogP) is 4.98. The van der Waals surface area contributed by atoms with Gasteiger partial charge in [-0.25, -0.2) is 10.5 Å². The van der Waals surface area contributed by atoms with Gasteiger partial charge in [0.2, 0.25) is 0 Å². The fourth-order valence-electron chi connectivity index (χ4n) is 2.08. The highest BCUT2D eigenvalue weighted by Gasteiger charge is 2.08. The van der Waals surface area contributed by atoms with Crippen LogP contribution in [0.1, 0.15) is 47.0 Å². The molecule has 0 atom stereocenters. The van der Waals surface area contributed by atoms with E-state index in [2.05, 4.69) is 22.3 Å². The number of rotatable bonds is 5. The minimum Gasteiger partial charge on any atom is -0.348 e. The molecule has 0 heterocycles. The zero-order chi connectivity index (χ0) is 17.4. The maximum absolute atomic E-state index is 11.4. The summed E-state index contributed by atoms with van der Waals surface area (Å²) in [5.41, 5.74) is 10.2. The second-order valence-corrected chi connectivity index (χ2v) is 5.88. The van der Waals surface area contributed by atoms with Crippen molar-refractivity contribution in [3.63, 3.8) is 0 Å². The minimum atomic E-state index is -0.510. The zero-order valence-corrected chi connectivity index (χ0v) is 14.8. The largest absolute Gasteiger partial charge is 0.348 e. The van der Waals surface area contributed by atoms with Crippen LogP contribution in [0.4, 0.5) is 0 Å². The van der Waals surface area contributed by atoms with E-state index in [1.54, 1.807) is 12.2 Å². The maximum Gasteiger partial charge on any atom is 0.290 e. The molecule has 0 aromatic rings. The molecule has 0 spiro atoms. The number of allylic oxidation sites excluding steroid dienone is 6. The Bertz CT molecular complexity index is 639. The van der Waals surface area contributed by atoms with Gasteiger partial charge in [-0.1, -0.05) is 24.6 Å². The van der Waals surface area contributed by atoms with Crippen LogP contribution in [0.5, 0.6) is 0 Å². The fraction of sp³-hybridized carbons (Fsp3) is 0.412. The van der Waals surface area contributed by atoms with E-state index >= 15 is 0 Å². The van der Waals surface area contributed by atoms with Crippen molar-refractivity contribution in [1.29, 1.82) is 5.53 Å². The molecule has 1 amide bonds. The monoisotopic (exact) mass is 334 g/mol. The van der Waals surface area contributed by atoms with Gasteiger partial charge in [-0.05, 0) is 57.8 Å². The third kappa shape index (κ3) is 6.32. The first-order chi connectivity index (χ1) is 10.9. The molecule has 0 fully saturated rings. The van der Waals surface area contributed by atoms with Crippen molar-refractivity contribution in [2.24, 2.45) is 10.1 Å². The van der Waals surface area contributed by atoms with Crippen molar-refractivity contribution in [1.82, 2.24) is 5.32 Å². The summed E-state index contributed by atoms with van der Waals surface area (Å²) in [6.07, 6.45) is 7.69. The van der Waals surface area contributed by atoms with Gasteiger partial charge in [-0.15, -0.1) is 5.11 Å². The van der Waals surface area contributed by atoms with Crippen molar-refractivity contribution < 1.29 is 4.79 Å². The van der Waals surface area contributed by atoms with E-state index in [1.807, 2.05) is 26.8 Å². The molecule has 5 nitrogen and oxygen atoms in total. The minimum absolute atomic E-state index is 0.497. The molecule has 0 unspecified atom stereocenters. The summed E-state index contributed by atoms with van der Waals surface area (Å²) in [4.78, 5) is 15.9. The van der Waals surface area contributed by atoms with Crippen LogP contribution in [0.3, 0.4) is 0 Å². The second kappa shape index (κ2) is 9.20. The molecule has 124 valence electrons. The molecule has 0 radical (unpaired) electrons. The summed E-state index contributed by atoms with van der Waals surface area (Å²) >= 11 is 6.07. The van der Waals surface area contributed by atoms with Gasteiger partial charge in [-0.2, -0.15) is 0 Å². The molecule has 0 aromatic carbocycles. The molecule has 0 aromatic heterocycles. The van der Waals surface area contributed by atoms with Gasteiger partial charge >= 0.3 is 0 Å². The van der Waals surface area contributed by atoms with Gasteiger partial charge in [0.1, 0.15) is 5.84 Å². The first-order valence-electron chi connectivity index (χ1n) is 7.54. The highest BCUT2D eigenvalue weighted by atomic mass is 35.5. The van der Waals surface area contributed by atoms with Gasteiger partial charge < -0.3 is 5.32 Å². The molecule has 1 aliphatic carbocycles. The van der Waals surface area contributed by atoms with Crippen molar-refractivity contribution in [3.05, 3.63) is 45.8 Å². The maximum atomic E-state index is 11.4. The lowest BCUT2D eigenvalue weighted by atomic mass is 10.0. The van der Waals surface area contributed by atoms with Crippen LogP contribution in [0.15, 0.2) is 55.9 Å². The smallest absolute Gasteiger partial charge is 0.290 e. The topological polar surface area (TPSA) is 77.7 Å². The lowest BCUT2D eigenvalue weighted by Gasteiger charge is -2.13. The lowest BCUT2D eigenvalue weighted by molar-refractivity contribution is -0.115. The van der Waals surface area contributed by atoms with Crippen LogP contribution in [0, 0.1) is 5.53 Å². The third-order valence-corrected chi connectivity index (χ3v) is 3.73. The van der Waals surface area contributed by atoms with Crippen LogP contribution in [-0.2, 0) is 4.79 Å². The molecular weight excluding hydrogens is 312 g/mol. The van der Waals surface area contributed by atoms with Gasteiger partial charge in [0, 0.05) is 16.3 Å². The predicted molar refractivity (Wildman–Crippen MR) is 94.4 cm³/mol. The quantitative estimate of drug-likeness (QED) is 0.244. The lowest BCUT2D eigenvalue weighted by Crippen LogP contribution is -2.18. The molecule has 6 heteroatoms. The number of amides is 1. The molecule has 23 heavy (non-hydrogen) atoms. The number of carbonyl (C=O) groups is 1. The summed E-state index contributed by atoms with van der Waals surface area (Å²) in [6, 6.07) is 0. The summed E-state index contributed by atoms with van der Waals surface area (Å²) in [6.45, 7) is 7.67. The van der Waals surface area contributed by atoms with Crippen LogP contribution >= 0.6 is 11.6 Å². The van der Waals surface area contributed by atoms with E-state index in [-0.39, 0.29) is 0 Å². The summed E-state index contributed by atoms with van der Waals surface area (Å²) in [5, 5.41) is 6.93. The van der Waals surface area contributed by atoms with E-state index in [1.165, 1.54) is 5.57 Å². The van der Waals surface area contributed by atoms with E-state index in [9.17, 15) is 4.79 Å². The van der Waals surface area contributed by atoms with E-state index in [0.717, 1.165) is 35.1 Å². The Morgan fingerprint density at radius 1 is 1.39 bits per heavy atom. The van der Waals surface area contributed by atoms with Crippen LogP contribution in [-0.4, -0.2) is 11.7 Å². The Morgan fingerprint density at radius 2 is 2.09 bits per heavy atom. The number of carbonyl (C=O) groups excluding carboxylic acids is 1. The molecule has 1 rings (SSSR count).